The van der Waals surface area contributed by atoms with Crippen molar-refractivity contribution in [1.82, 2.24) is 0 Å². The molecule has 0 aliphatic heterocycles. The van der Waals surface area contributed by atoms with Crippen LogP contribution in [0.25, 0.3) is 0 Å². The highest BCUT2D eigenvalue weighted by Gasteiger charge is 2.17. The first-order valence-electron chi connectivity index (χ1n) is 7.03. The van der Waals surface area contributed by atoms with Crippen molar-refractivity contribution in [2.45, 2.75) is 13.8 Å². The van der Waals surface area contributed by atoms with Gasteiger partial charge in [0.2, 0.25) is 5.78 Å². The number of carbonyl (C=O) groups excluding carboxylic acids is 2. The Hall–Kier alpha value is -2.33. The van der Waals surface area contributed by atoms with Gasteiger partial charge in [0.05, 0.1) is 7.11 Å². The molecule has 2 rings (SSSR count). The quantitative estimate of drug-likeness (QED) is 0.613. The zero-order chi connectivity index (χ0) is 17.0. The maximum absolute atomic E-state index is 12.2. The number of benzene rings is 2. The van der Waals surface area contributed by atoms with Gasteiger partial charge in [0.15, 0.2) is 6.61 Å². The summed E-state index contributed by atoms with van der Waals surface area (Å²) in [6.45, 7) is 3.41. The van der Waals surface area contributed by atoms with Crippen LogP contribution >= 0.6 is 11.6 Å². The Bertz CT molecular complexity index is 753. The summed E-state index contributed by atoms with van der Waals surface area (Å²) in [5, 5.41) is 0.388. The molecule has 0 aromatic heterocycles. The van der Waals surface area contributed by atoms with Crippen molar-refractivity contribution in [3.05, 3.63) is 63.7 Å². The number of esters is 1. The molecule has 0 fully saturated rings. The zero-order valence-electron chi connectivity index (χ0n) is 13.2. The average Bonchev–Trinajstić information content (AvgIpc) is 2.54. The molecular weight excluding hydrogens is 316 g/mol. The van der Waals surface area contributed by atoms with E-state index in [9.17, 15) is 9.59 Å². The molecule has 0 unspecified atom stereocenters. The van der Waals surface area contributed by atoms with Gasteiger partial charge in [-0.05, 0) is 43.7 Å². The molecule has 0 amide bonds. The summed E-state index contributed by atoms with van der Waals surface area (Å²) in [4.78, 5) is 24.4. The molecule has 4 nitrogen and oxygen atoms in total. The van der Waals surface area contributed by atoms with E-state index in [0.29, 0.717) is 16.3 Å². The standard InChI is InChI=1S/C18H17ClO4/c1-11-4-5-12(2)14(8-11)16(20)10-23-18(21)15-9-13(19)6-7-17(15)22-3/h4-9H,10H2,1-3H3. The number of hydrogen-bond donors (Lipinski definition) is 0. The normalized spacial score (nSPS) is 10.3. The van der Waals surface area contributed by atoms with Crippen molar-refractivity contribution in [2.24, 2.45) is 0 Å². The van der Waals surface area contributed by atoms with E-state index in [1.807, 2.05) is 26.0 Å². The van der Waals surface area contributed by atoms with Crippen molar-refractivity contribution in [1.29, 1.82) is 0 Å². The summed E-state index contributed by atoms with van der Waals surface area (Å²) in [5.74, 6) is -0.554. The van der Waals surface area contributed by atoms with Crippen LogP contribution in [0.3, 0.4) is 0 Å². The van der Waals surface area contributed by atoms with Crippen LogP contribution in [0.4, 0.5) is 0 Å². The minimum Gasteiger partial charge on any atom is -0.496 e. The molecule has 0 heterocycles. The lowest BCUT2D eigenvalue weighted by atomic mass is 10.0. The first-order chi connectivity index (χ1) is 10.9. The molecule has 0 bridgehead atoms. The van der Waals surface area contributed by atoms with Crippen LogP contribution in [0.15, 0.2) is 36.4 Å². The van der Waals surface area contributed by atoms with Crippen LogP contribution in [0.5, 0.6) is 5.75 Å². The minimum atomic E-state index is -0.650. The Morgan fingerprint density at radius 1 is 1.04 bits per heavy atom. The van der Waals surface area contributed by atoms with E-state index in [-0.39, 0.29) is 18.0 Å². The summed E-state index contributed by atoms with van der Waals surface area (Å²) >= 11 is 5.88. The number of aryl methyl sites for hydroxylation is 2. The fourth-order valence-electron chi connectivity index (χ4n) is 2.16. The predicted octanol–water partition coefficient (Wildman–Crippen LogP) is 4.01. The molecule has 2 aromatic carbocycles. The molecule has 0 spiro atoms. The van der Waals surface area contributed by atoms with Crippen LogP contribution in [-0.4, -0.2) is 25.5 Å². The van der Waals surface area contributed by atoms with E-state index >= 15 is 0 Å². The highest BCUT2D eigenvalue weighted by Crippen LogP contribution is 2.23. The van der Waals surface area contributed by atoms with Crippen molar-refractivity contribution >= 4 is 23.4 Å². The van der Waals surface area contributed by atoms with E-state index in [0.717, 1.165) is 11.1 Å². The Morgan fingerprint density at radius 2 is 1.78 bits per heavy atom. The zero-order valence-corrected chi connectivity index (χ0v) is 13.9. The summed E-state index contributed by atoms with van der Waals surface area (Å²) in [6.07, 6.45) is 0. The van der Waals surface area contributed by atoms with E-state index in [1.165, 1.54) is 13.2 Å². The Morgan fingerprint density at radius 3 is 2.48 bits per heavy atom. The van der Waals surface area contributed by atoms with E-state index in [1.54, 1.807) is 18.2 Å². The summed E-state index contributed by atoms with van der Waals surface area (Å²) in [5.41, 5.74) is 2.56. The molecule has 5 heteroatoms. The van der Waals surface area contributed by atoms with Gasteiger partial charge in [0.25, 0.3) is 0 Å². The second-order valence-electron chi connectivity index (χ2n) is 5.16. The van der Waals surface area contributed by atoms with Crippen molar-refractivity contribution in [3.63, 3.8) is 0 Å². The van der Waals surface area contributed by atoms with E-state index in [4.69, 9.17) is 21.1 Å². The average molecular weight is 333 g/mol. The maximum atomic E-state index is 12.2. The monoisotopic (exact) mass is 332 g/mol. The third-order valence-corrected chi connectivity index (χ3v) is 3.64. The first kappa shape index (κ1) is 17.0. The van der Waals surface area contributed by atoms with E-state index < -0.39 is 5.97 Å². The number of carbonyl (C=O) groups is 2. The van der Waals surface area contributed by atoms with Crippen LogP contribution in [-0.2, 0) is 4.74 Å². The van der Waals surface area contributed by atoms with Crippen LogP contribution < -0.4 is 4.74 Å². The smallest absolute Gasteiger partial charge is 0.342 e. The Labute approximate surface area is 140 Å². The van der Waals surface area contributed by atoms with Gasteiger partial charge in [-0.2, -0.15) is 0 Å². The van der Waals surface area contributed by atoms with Gasteiger partial charge in [-0.3, -0.25) is 4.79 Å². The lowest BCUT2D eigenvalue weighted by molar-refractivity contribution is 0.0471. The fraction of sp³-hybridized carbons (Fsp3) is 0.222. The SMILES string of the molecule is COc1ccc(Cl)cc1C(=O)OCC(=O)c1cc(C)ccc1C. The van der Waals surface area contributed by atoms with Crippen LogP contribution in [0, 0.1) is 13.8 Å². The van der Waals surface area contributed by atoms with Gasteiger partial charge in [0, 0.05) is 10.6 Å². The number of halogens is 1. The molecule has 0 saturated heterocycles. The second kappa shape index (κ2) is 7.29. The number of ether oxygens (including phenoxy) is 2. The summed E-state index contributed by atoms with van der Waals surface area (Å²) in [6, 6.07) is 10.2. The van der Waals surface area contributed by atoms with Crippen molar-refractivity contribution in [3.8, 4) is 5.75 Å². The number of Topliss-reactive ketones (excluding diaryl/α,β-unsaturated/α-hetero) is 1. The number of methoxy groups -OCH3 is 1. The first-order valence-corrected chi connectivity index (χ1v) is 7.41. The van der Waals surface area contributed by atoms with Gasteiger partial charge in [-0.15, -0.1) is 0 Å². The highest BCUT2D eigenvalue weighted by molar-refractivity contribution is 6.31. The predicted molar refractivity (Wildman–Crippen MR) is 88.5 cm³/mol. The fourth-order valence-corrected chi connectivity index (χ4v) is 2.33. The lowest BCUT2D eigenvalue weighted by Crippen LogP contribution is -2.16. The minimum absolute atomic E-state index is 0.189. The summed E-state index contributed by atoms with van der Waals surface area (Å²) in [7, 11) is 1.45. The maximum Gasteiger partial charge on any atom is 0.342 e. The van der Waals surface area contributed by atoms with Crippen LogP contribution in [0.2, 0.25) is 5.02 Å². The van der Waals surface area contributed by atoms with E-state index in [2.05, 4.69) is 0 Å². The third kappa shape index (κ3) is 4.11. The largest absolute Gasteiger partial charge is 0.496 e. The van der Waals surface area contributed by atoms with Gasteiger partial charge in [-0.1, -0.05) is 29.3 Å². The molecule has 0 radical (unpaired) electrons. The molecule has 120 valence electrons. The molecule has 2 aromatic rings. The highest BCUT2D eigenvalue weighted by atomic mass is 35.5. The van der Waals surface area contributed by atoms with Gasteiger partial charge in [0.1, 0.15) is 11.3 Å². The molecule has 0 N–H and O–H groups in total. The topological polar surface area (TPSA) is 52.6 Å². The molecule has 0 aliphatic carbocycles. The van der Waals surface area contributed by atoms with Crippen LogP contribution in [0.1, 0.15) is 31.8 Å². The van der Waals surface area contributed by atoms with Crippen molar-refractivity contribution in [2.75, 3.05) is 13.7 Å². The molecule has 0 atom stereocenters. The third-order valence-electron chi connectivity index (χ3n) is 3.41. The van der Waals surface area contributed by atoms with Gasteiger partial charge >= 0.3 is 5.97 Å². The number of rotatable bonds is 5. The lowest BCUT2D eigenvalue weighted by Gasteiger charge is -2.10. The number of ketones is 1. The molecule has 0 saturated carbocycles. The summed E-state index contributed by atoms with van der Waals surface area (Å²) < 4.78 is 10.2. The van der Waals surface area contributed by atoms with Gasteiger partial charge in [-0.25, -0.2) is 4.79 Å². The Balaban J connectivity index is 2.11. The molecular formula is C18H17ClO4. The molecule has 0 aliphatic rings. The van der Waals surface area contributed by atoms with Gasteiger partial charge < -0.3 is 9.47 Å². The molecule has 23 heavy (non-hydrogen) atoms. The van der Waals surface area contributed by atoms with Crippen molar-refractivity contribution < 1.29 is 19.1 Å². The second-order valence-corrected chi connectivity index (χ2v) is 5.60. The Kier molecular flexibility index (Phi) is 5.40. The number of hydrogen-bond acceptors (Lipinski definition) is 4.